The van der Waals surface area contributed by atoms with Gasteiger partial charge < -0.3 is 44.4 Å². The van der Waals surface area contributed by atoms with Crippen LogP contribution in [0.15, 0.2) is 49.1 Å². The molecule has 4 saturated heterocycles. The van der Waals surface area contributed by atoms with Crippen molar-refractivity contribution in [3.05, 3.63) is 60.4 Å². The summed E-state index contributed by atoms with van der Waals surface area (Å²) in [5.74, 6) is 0. The molecule has 4 N–H and O–H groups in total. The molecule has 0 spiro atoms. The van der Waals surface area contributed by atoms with Crippen molar-refractivity contribution in [2.24, 2.45) is 0 Å². The Hall–Kier alpha value is -3.98. The van der Waals surface area contributed by atoms with Gasteiger partial charge in [-0.15, -0.1) is 0 Å². The van der Waals surface area contributed by atoms with E-state index < -0.39 is 0 Å². The highest BCUT2D eigenvalue weighted by Gasteiger charge is 2.25. The molecule has 10 heterocycles. The van der Waals surface area contributed by atoms with E-state index in [-0.39, 0.29) is 7.05 Å². The van der Waals surface area contributed by atoms with Gasteiger partial charge in [-0.3, -0.25) is 19.8 Å². The van der Waals surface area contributed by atoms with Crippen molar-refractivity contribution in [1.29, 1.82) is 0 Å². The average molecular weight is 811 g/mol. The van der Waals surface area contributed by atoms with Crippen molar-refractivity contribution in [2.75, 3.05) is 115 Å². The summed E-state index contributed by atoms with van der Waals surface area (Å²) in [4.78, 5) is 39.6. The summed E-state index contributed by atoms with van der Waals surface area (Å²) in [6, 6.07) is 8.57. The first-order valence-electron chi connectivity index (χ1n) is 20.1. The van der Waals surface area contributed by atoms with Crippen LogP contribution in [-0.2, 0) is 22.6 Å². The molecule has 15 nitrogen and oxygen atoms in total. The van der Waals surface area contributed by atoms with Crippen LogP contribution >= 0.6 is 22.7 Å². The van der Waals surface area contributed by atoms with E-state index in [1.807, 2.05) is 37.7 Å². The van der Waals surface area contributed by atoms with Gasteiger partial charge in [0.1, 0.15) is 0 Å². The van der Waals surface area contributed by atoms with E-state index in [4.69, 9.17) is 9.47 Å². The van der Waals surface area contributed by atoms with Gasteiger partial charge in [0.2, 0.25) is 0 Å². The minimum absolute atomic E-state index is 0.388. The molecule has 57 heavy (non-hydrogen) atoms. The molecular formula is C39H51BN12O3S2. The predicted molar refractivity (Wildman–Crippen MR) is 229 cm³/mol. The molecule has 0 atom stereocenters. The molecule has 0 radical (unpaired) electrons. The number of piperazine rings is 2. The third-order valence-corrected chi connectivity index (χ3v) is 13.3. The lowest BCUT2D eigenvalue weighted by Gasteiger charge is -2.35. The molecule has 0 saturated carbocycles. The molecule has 0 aliphatic carbocycles. The van der Waals surface area contributed by atoms with Crippen LogP contribution < -0.4 is 15.1 Å². The second kappa shape index (κ2) is 17.9. The molecule has 6 aromatic rings. The normalized spacial score (nSPS) is 19.0. The Balaban J connectivity index is 0.000000149. The fraction of sp³-hybridized carbons (Fsp3) is 0.487. The molecular weight excluding hydrogens is 759 g/mol. The van der Waals surface area contributed by atoms with Gasteiger partial charge in [0.15, 0.2) is 10.3 Å². The van der Waals surface area contributed by atoms with Gasteiger partial charge in [0.05, 0.1) is 47.6 Å². The van der Waals surface area contributed by atoms with E-state index in [0.29, 0.717) is 0 Å². The van der Waals surface area contributed by atoms with Gasteiger partial charge in [-0.05, 0) is 31.1 Å². The minimum atomic E-state index is -0.388. The lowest BCUT2D eigenvalue weighted by Crippen LogP contribution is -2.51. The Bertz CT molecular complexity index is 2220. The highest BCUT2D eigenvalue weighted by atomic mass is 32.1. The van der Waals surface area contributed by atoms with Gasteiger partial charge in [0.25, 0.3) is 0 Å². The largest absolute Gasteiger partial charge is 0.437 e. The lowest BCUT2D eigenvalue weighted by atomic mass is 9.84. The number of hydrogen-bond donors (Lipinski definition) is 4. The summed E-state index contributed by atoms with van der Waals surface area (Å²) >= 11 is 3.43. The zero-order valence-corrected chi connectivity index (χ0v) is 34.2. The molecule has 4 aliphatic heterocycles. The van der Waals surface area contributed by atoms with E-state index in [9.17, 15) is 5.02 Å². The van der Waals surface area contributed by atoms with E-state index in [1.165, 1.54) is 16.8 Å². The van der Waals surface area contributed by atoms with Gasteiger partial charge in [-0.1, -0.05) is 22.7 Å². The van der Waals surface area contributed by atoms with Crippen LogP contribution in [-0.4, -0.2) is 162 Å². The first-order chi connectivity index (χ1) is 28.0. The summed E-state index contributed by atoms with van der Waals surface area (Å²) in [7, 11) is -0.388. The topological polar surface area (TPSA) is 150 Å². The molecule has 0 unspecified atom stereocenters. The highest BCUT2D eigenvalue weighted by molar-refractivity contribution is 7.19. The maximum Gasteiger partial charge on any atom is 0.376 e. The number of nitrogens with one attached hydrogen (secondary N) is 3. The number of rotatable bonds is 9. The Kier molecular flexibility index (Phi) is 12.1. The van der Waals surface area contributed by atoms with Gasteiger partial charge in [-0.25, -0.2) is 9.97 Å². The molecule has 300 valence electrons. The maximum absolute atomic E-state index is 9.77. The third-order valence-electron chi connectivity index (χ3n) is 11.2. The molecule has 0 amide bonds. The standard InChI is InChI=1S/C20H27BN6O2S.C19H24N6OS/c1-21(28)27-6-4-26(5-7-27)20-23-13-18(30-20)19-16-12-15(24-17(16)2-3-22-19)14-25-8-10-29-11-9-25;1-2-21-18(17-12-22-19(27-17)25-5-3-20-4-6-25)15-11-14(23-16(1)15)13-24-7-9-26-10-8-24/h2-3,12-13,24,28H,4-11,14H2,1H3;1-2,11-12,20,23H,3-10,13H2. The smallest absolute Gasteiger partial charge is 0.376 e. The molecule has 0 bridgehead atoms. The SMILES string of the molecule is CB(O)N1CCN(c2ncc(-c3nccc4[nH]c(CN5CCOCC5)cc34)s2)CC1.c1cc2[nH]c(CN3CCOCC3)cc2c(-c2cnc(N3CCNCC3)s2)n1. The van der Waals surface area contributed by atoms with Crippen LogP contribution in [0.1, 0.15) is 11.4 Å². The van der Waals surface area contributed by atoms with Gasteiger partial charge >= 0.3 is 7.05 Å². The van der Waals surface area contributed by atoms with Crippen LogP contribution in [0.2, 0.25) is 6.82 Å². The number of aromatic nitrogens is 6. The second-order valence-electron chi connectivity index (χ2n) is 15.0. The summed E-state index contributed by atoms with van der Waals surface area (Å²) in [5.41, 5.74) is 6.71. The number of ether oxygens (including phenoxy) is 2. The van der Waals surface area contributed by atoms with E-state index >= 15 is 0 Å². The average Bonchev–Trinajstić information content (AvgIpc) is 4.09. The van der Waals surface area contributed by atoms with E-state index in [2.05, 4.69) is 77.8 Å². The zero-order valence-electron chi connectivity index (χ0n) is 32.5. The monoisotopic (exact) mass is 810 g/mol. The first kappa shape index (κ1) is 38.5. The Morgan fingerprint density at radius 2 is 1.12 bits per heavy atom. The van der Waals surface area contributed by atoms with Crippen molar-refractivity contribution in [3.8, 4) is 21.1 Å². The van der Waals surface area contributed by atoms with Crippen molar-refractivity contribution in [2.45, 2.75) is 19.9 Å². The van der Waals surface area contributed by atoms with Gasteiger partial charge in [-0.2, -0.15) is 0 Å². The molecule has 4 fully saturated rings. The van der Waals surface area contributed by atoms with Crippen molar-refractivity contribution in [1.82, 2.24) is 49.8 Å². The molecule has 18 heteroatoms. The summed E-state index contributed by atoms with van der Waals surface area (Å²) in [6.45, 7) is 18.4. The Morgan fingerprint density at radius 3 is 1.60 bits per heavy atom. The summed E-state index contributed by atoms with van der Waals surface area (Å²) in [6.07, 6.45) is 7.67. The Morgan fingerprint density at radius 1 is 0.649 bits per heavy atom. The first-order valence-corrected chi connectivity index (χ1v) is 21.8. The number of hydrogen-bond acceptors (Lipinski definition) is 15. The number of nitrogens with zero attached hydrogens (tertiary/aromatic N) is 9. The quantitative estimate of drug-likeness (QED) is 0.158. The van der Waals surface area contributed by atoms with Crippen molar-refractivity contribution >= 4 is 61.8 Å². The molecule has 4 aliphatic rings. The van der Waals surface area contributed by atoms with E-state index in [1.54, 1.807) is 22.7 Å². The minimum Gasteiger partial charge on any atom is -0.437 e. The Labute approximate surface area is 341 Å². The van der Waals surface area contributed by atoms with Gasteiger partial charge in [0, 0.05) is 150 Å². The lowest BCUT2D eigenvalue weighted by molar-refractivity contribution is 0.0337. The number of morpholine rings is 2. The summed E-state index contributed by atoms with van der Waals surface area (Å²) < 4.78 is 10.9. The number of thiazole rings is 2. The number of aromatic amines is 2. The maximum atomic E-state index is 9.77. The van der Waals surface area contributed by atoms with Crippen LogP contribution in [0, 0.1) is 0 Å². The van der Waals surface area contributed by atoms with Crippen LogP contribution in [0.25, 0.3) is 42.9 Å². The summed E-state index contributed by atoms with van der Waals surface area (Å²) in [5, 5.41) is 17.6. The van der Waals surface area contributed by atoms with Crippen LogP contribution in [0.3, 0.4) is 0 Å². The van der Waals surface area contributed by atoms with E-state index in [0.717, 1.165) is 166 Å². The number of anilines is 2. The fourth-order valence-corrected chi connectivity index (χ4v) is 9.93. The van der Waals surface area contributed by atoms with Crippen LogP contribution in [0.5, 0.6) is 0 Å². The molecule has 6 aromatic heterocycles. The zero-order chi connectivity index (χ0) is 38.6. The van der Waals surface area contributed by atoms with Crippen molar-refractivity contribution in [3.63, 3.8) is 0 Å². The second-order valence-corrected chi connectivity index (χ2v) is 17.0. The molecule has 0 aromatic carbocycles. The van der Waals surface area contributed by atoms with Crippen LogP contribution in [0.4, 0.5) is 10.3 Å². The molecule has 10 rings (SSSR count). The highest BCUT2D eigenvalue weighted by Crippen LogP contribution is 2.36. The number of H-pyrrole nitrogens is 2. The number of fused-ring (bicyclic) bond motifs is 2. The number of pyridine rings is 2. The fourth-order valence-electron chi connectivity index (χ4n) is 7.97. The predicted octanol–water partition coefficient (Wildman–Crippen LogP) is 3.68. The van der Waals surface area contributed by atoms with Crippen molar-refractivity contribution < 1.29 is 14.5 Å². The third kappa shape index (κ3) is 9.04.